The molecule has 0 spiro atoms. The van der Waals surface area contributed by atoms with Crippen molar-refractivity contribution < 1.29 is 13.2 Å². The third-order valence-corrected chi connectivity index (χ3v) is 5.99. The van der Waals surface area contributed by atoms with Crippen LogP contribution >= 0.6 is 0 Å². The van der Waals surface area contributed by atoms with Crippen molar-refractivity contribution in [3.05, 3.63) is 29.8 Å². The number of sulfone groups is 1. The summed E-state index contributed by atoms with van der Waals surface area (Å²) in [5.74, 6) is 2.31. The predicted molar refractivity (Wildman–Crippen MR) is 102 cm³/mol. The van der Waals surface area contributed by atoms with Crippen molar-refractivity contribution >= 4 is 15.8 Å². The first-order valence-corrected chi connectivity index (χ1v) is 10.7. The summed E-state index contributed by atoms with van der Waals surface area (Å²) in [7, 11) is -2.84. The average Bonchev–Trinajstić information content (AvgIpc) is 2.91. The van der Waals surface area contributed by atoms with E-state index in [-0.39, 0.29) is 17.8 Å². The van der Waals surface area contributed by atoms with E-state index in [0.717, 1.165) is 24.3 Å². The van der Waals surface area contributed by atoms with Crippen LogP contribution in [-0.4, -0.2) is 51.6 Å². The number of aliphatic imine (C=N–C) groups is 1. The molecule has 25 heavy (non-hydrogen) atoms. The first-order valence-electron chi connectivity index (χ1n) is 8.84. The van der Waals surface area contributed by atoms with E-state index >= 15 is 0 Å². The second-order valence-corrected chi connectivity index (χ2v) is 8.79. The van der Waals surface area contributed by atoms with Crippen molar-refractivity contribution in [1.82, 2.24) is 10.6 Å². The molecular formula is C18H29N3O3S. The fraction of sp³-hybridized carbons (Fsp3) is 0.611. The molecular weight excluding hydrogens is 338 g/mol. The largest absolute Gasteiger partial charge is 0.489 e. The van der Waals surface area contributed by atoms with Gasteiger partial charge in [0.1, 0.15) is 11.9 Å². The van der Waals surface area contributed by atoms with Gasteiger partial charge in [0.25, 0.3) is 0 Å². The normalized spacial score (nSPS) is 20.9. The Morgan fingerprint density at radius 1 is 1.36 bits per heavy atom. The van der Waals surface area contributed by atoms with Crippen LogP contribution in [0.3, 0.4) is 0 Å². The van der Waals surface area contributed by atoms with Crippen LogP contribution in [0.25, 0.3) is 0 Å². The van der Waals surface area contributed by atoms with Gasteiger partial charge in [-0.2, -0.15) is 0 Å². The van der Waals surface area contributed by atoms with Gasteiger partial charge in [0.05, 0.1) is 18.1 Å². The molecule has 2 atom stereocenters. The lowest BCUT2D eigenvalue weighted by Crippen LogP contribution is -2.40. The summed E-state index contributed by atoms with van der Waals surface area (Å²) in [6, 6.07) is 7.92. The maximum absolute atomic E-state index is 11.5. The van der Waals surface area contributed by atoms with Crippen LogP contribution in [0, 0.1) is 12.8 Å². The number of hydrogen-bond donors (Lipinski definition) is 2. The minimum Gasteiger partial charge on any atom is -0.489 e. The second-order valence-electron chi connectivity index (χ2n) is 6.56. The molecule has 2 rings (SSSR count). The Labute approximate surface area is 151 Å². The molecule has 0 bridgehead atoms. The zero-order valence-electron chi connectivity index (χ0n) is 15.3. The van der Waals surface area contributed by atoms with Gasteiger partial charge in [-0.3, -0.25) is 0 Å². The molecule has 1 fully saturated rings. The molecule has 0 saturated carbocycles. The highest BCUT2D eigenvalue weighted by atomic mass is 32.2. The Balaban J connectivity index is 1.85. The zero-order chi connectivity index (χ0) is 18.3. The highest BCUT2D eigenvalue weighted by molar-refractivity contribution is 7.91. The summed E-state index contributed by atoms with van der Waals surface area (Å²) in [4.78, 5) is 4.56. The van der Waals surface area contributed by atoms with Crippen molar-refractivity contribution in [1.29, 1.82) is 0 Å². The van der Waals surface area contributed by atoms with Crippen LogP contribution in [-0.2, 0) is 9.84 Å². The molecule has 1 aromatic carbocycles. The number of hydrogen-bond acceptors (Lipinski definition) is 4. The molecule has 1 aliphatic rings. The van der Waals surface area contributed by atoms with Crippen molar-refractivity contribution in [3.8, 4) is 5.75 Å². The molecule has 0 aliphatic carbocycles. The van der Waals surface area contributed by atoms with Crippen LogP contribution in [0.1, 0.15) is 25.8 Å². The first-order chi connectivity index (χ1) is 11.9. The Kier molecular flexibility index (Phi) is 7.11. The van der Waals surface area contributed by atoms with Crippen LogP contribution in [0.5, 0.6) is 5.75 Å². The lowest BCUT2D eigenvalue weighted by atomic mass is 10.1. The summed E-state index contributed by atoms with van der Waals surface area (Å²) in [6.45, 7) is 7.91. The molecule has 1 heterocycles. The quantitative estimate of drug-likeness (QED) is 0.567. The summed E-state index contributed by atoms with van der Waals surface area (Å²) in [5.41, 5.74) is 1.10. The van der Waals surface area contributed by atoms with Crippen LogP contribution in [0.15, 0.2) is 29.3 Å². The minimum atomic E-state index is -2.84. The van der Waals surface area contributed by atoms with E-state index in [1.807, 2.05) is 45.0 Å². The van der Waals surface area contributed by atoms with E-state index in [2.05, 4.69) is 15.6 Å². The SMILES string of the molecule is CCNC(=NCC(C)Oc1ccccc1C)NCC1CCS(=O)(=O)C1. The second kappa shape index (κ2) is 9.08. The maximum Gasteiger partial charge on any atom is 0.191 e. The Bertz CT molecular complexity index is 689. The topological polar surface area (TPSA) is 79.8 Å². The van der Waals surface area contributed by atoms with Gasteiger partial charge < -0.3 is 15.4 Å². The van der Waals surface area contributed by atoms with Crippen LogP contribution < -0.4 is 15.4 Å². The average molecular weight is 368 g/mol. The van der Waals surface area contributed by atoms with Crippen molar-refractivity contribution in [2.24, 2.45) is 10.9 Å². The number of ether oxygens (including phenoxy) is 1. The smallest absolute Gasteiger partial charge is 0.191 e. The number of nitrogens with one attached hydrogen (secondary N) is 2. The molecule has 7 heteroatoms. The van der Waals surface area contributed by atoms with Gasteiger partial charge >= 0.3 is 0 Å². The summed E-state index contributed by atoms with van der Waals surface area (Å²) in [6.07, 6.45) is 0.671. The van der Waals surface area contributed by atoms with Gasteiger partial charge in [-0.25, -0.2) is 13.4 Å². The predicted octanol–water partition coefficient (Wildman–Crippen LogP) is 1.75. The fourth-order valence-corrected chi connectivity index (χ4v) is 4.64. The van der Waals surface area contributed by atoms with E-state index in [0.29, 0.717) is 24.8 Å². The standard InChI is InChI=1S/C18H29N3O3S/c1-4-19-18(21-12-16-9-10-25(22,23)13-16)20-11-15(3)24-17-8-6-5-7-14(17)2/h5-8,15-16H,4,9-13H2,1-3H3,(H2,19,20,21). The zero-order valence-corrected chi connectivity index (χ0v) is 16.1. The molecule has 140 valence electrons. The summed E-state index contributed by atoms with van der Waals surface area (Å²) in [5, 5.41) is 6.44. The van der Waals surface area contributed by atoms with E-state index in [9.17, 15) is 8.42 Å². The molecule has 6 nitrogen and oxygen atoms in total. The van der Waals surface area contributed by atoms with E-state index in [4.69, 9.17) is 4.74 Å². The molecule has 1 aromatic rings. The molecule has 0 amide bonds. The van der Waals surface area contributed by atoms with Gasteiger partial charge in [-0.05, 0) is 44.7 Å². The third-order valence-electron chi connectivity index (χ3n) is 4.16. The molecule has 2 N–H and O–H groups in total. The lowest BCUT2D eigenvalue weighted by Gasteiger charge is -2.17. The Hall–Kier alpha value is -1.76. The van der Waals surface area contributed by atoms with Crippen molar-refractivity contribution in [3.63, 3.8) is 0 Å². The molecule has 1 saturated heterocycles. The monoisotopic (exact) mass is 367 g/mol. The number of rotatable bonds is 7. The number of benzene rings is 1. The summed E-state index contributed by atoms with van der Waals surface area (Å²) < 4.78 is 29.0. The molecule has 0 aromatic heterocycles. The number of nitrogens with zero attached hydrogens (tertiary/aromatic N) is 1. The lowest BCUT2D eigenvalue weighted by molar-refractivity contribution is 0.228. The number of para-hydroxylation sites is 1. The van der Waals surface area contributed by atoms with E-state index in [1.165, 1.54) is 0 Å². The van der Waals surface area contributed by atoms with Crippen molar-refractivity contribution in [2.45, 2.75) is 33.3 Å². The summed E-state index contributed by atoms with van der Waals surface area (Å²) >= 11 is 0. The highest BCUT2D eigenvalue weighted by Crippen LogP contribution is 2.18. The number of aryl methyl sites for hydroxylation is 1. The first kappa shape index (κ1) is 19.6. The minimum absolute atomic E-state index is 0.0524. The van der Waals surface area contributed by atoms with Gasteiger partial charge in [-0.15, -0.1) is 0 Å². The van der Waals surface area contributed by atoms with Gasteiger partial charge in [0, 0.05) is 13.1 Å². The third kappa shape index (κ3) is 6.57. The van der Waals surface area contributed by atoms with Crippen molar-refractivity contribution in [2.75, 3.05) is 31.1 Å². The Morgan fingerprint density at radius 2 is 2.12 bits per heavy atom. The fourth-order valence-electron chi connectivity index (χ4n) is 2.78. The van der Waals surface area contributed by atoms with Gasteiger partial charge in [0.15, 0.2) is 15.8 Å². The molecule has 2 unspecified atom stereocenters. The maximum atomic E-state index is 11.5. The highest BCUT2D eigenvalue weighted by Gasteiger charge is 2.27. The van der Waals surface area contributed by atoms with E-state index in [1.54, 1.807) is 0 Å². The molecule has 0 radical (unpaired) electrons. The number of guanidine groups is 1. The van der Waals surface area contributed by atoms with E-state index < -0.39 is 9.84 Å². The van der Waals surface area contributed by atoms with Crippen LogP contribution in [0.2, 0.25) is 0 Å². The molecule has 1 aliphatic heterocycles. The van der Waals surface area contributed by atoms with Crippen LogP contribution in [0.4, 0.5) is 0 Å². The van der Waals surface area contributed by atoms with Gasteiger partial charge in [0.2, 0.25) is 0 Å². The van der Waals surface area contributed by atoms with Gasteiger partial charge in [-0.1, -0.05) is 18.2 Å². The Morgan fingerprint density at radius 3 is 2.76 bits per heavy atom.